The van der Waals surface area contributed by atoms with Crippen LogP contribution in [-0.4, -0.2) is 46.2 Å². The van der Waals surface area contributed by atoms with Gasteiger partial charge in [0.15, 0.2) is 17.5 Å². The van der Waals surface area contributed by atoms with Gasteiger partial charge in [0.2, 0.25) is 5.91 Å². The Morgan fingerprint density at radius 3 is 2.59 bits per heavy atom. The van der Waals surface area contributed by atoms with Gasteiger partial charge in [-0.3, -0.25) is 9.79 Å². The first-order valence-corrected chi connectivity index (χ1v) is 9.11. The molecule has 0 aromatic heterocycles. The number of hydrogen-bond donors (Lipinski definition) is 3. The molecule has 0 fully saturated rings. The molecule has 0 aliphatic rings. The van der Waals surface area contributed by atoms with E-state index in [0.29, 0.717) is 35.3 Å². The standard InChI is InChI=1S/C22H26N4O3/c1-5-16-7-6-8-18(13-16)26-21(27)15-25-22(23-2)24-12-11-17-9-10-19(28-3)20(14-17)29-4/h1,6-10,13-14H,11-12,15H2,2-4H3,(H,26,27)(H2,23,24,25). The predicted octanol–water partition coefficient (Wildman–Crippen LogP) is 2.03. The lowest BCUT2D eigenvalue weighted by Gasteiger charge is -2.13. The number of guanidine groups is 1. The van der Waals surface area contributed by atoms with Crippen LogP contribution in [0.25, 0.3) is 0 Å². The van der Waals surface area contributed by atoms with E-state index in [1.165, 1.54) is 0 Å². The summed E-state index contributed by atoms with van der Waals surface area (Å²) in [6, 6.07) is 12.9. The maximum absolute atomic E-state index is 12.1. The molecule has 0 saturated heterocycles. The van der Waals surface area contributed by atoms with Crippen LogP contribution in [0.4, 0.5) is 5.69 Å². The molecule has 0 atom stereocenters. The number of nitrogens with one attached hydrogen (secondary N) is 3. The molecule has 0 bridgehead atoms. The summed E-state index contributed by atoms with van der Waals surface area (Å²) in [7, 11) is 4.87. The number of ether oxygens (including phenoxy) is 2. The molecule has 0 spiro atoms. The number of terminal acetylenes is 1. The maximum atomic E-state index is 12.1. The van der Waals surface area contributed by atoms with Crippen LogP contribution in [0.3, 0.4) is 0 Å². The van der Waals surface area contributed by atoms with Crippen molar-refractivity contribution < 1.29 is 14.3 Å². The molecule has 2 aromatic carbocycles. The maximum Gasteiger partial charge on any atom is 0.243 e. The Morgan fingerprint density at radius 1 is 1.10 bits per heavy atom. The first kappa shape index (κ1) is 21.6. The van der Waals surface area contributed by atoms with Crippen molar-refractivity contribution in [3.8, 4) is 23.8 Å². The third-order valence-electron chi connectivity index (χ3n) is 4.11. The Hall–Kier alpha value is -3.66. The Labute approximate surface area is 171 Å². The zero-order valence-electron chi connectivity index (χ0n) is 16.9. The number of carbonyl (C=O) groups excluding carboxylic acids is 1. The first-order valence-electron chi connectivity index (χ1n) is 9.11. The van der Waals surface area contributed by atoms with Crippen molar-refractivity contribution in [3.63, 3.8) is 0 Å². The molecule has 2 rings (SSSR count). The van der Waals surface area contributed by atoms with Crippen LogP contribution in [0.1, 0.15) is 11.1 Å². The van der Waals surface area contributed by atoms with Crippen molar-refractivity contribution in [3.05, 3.63) is 53.6 Å². The summed E-state index contributed by atoms with van der Waals surface area (Å²) in [5.74, 6) is 4.27. The summed E-state index contributed by atoms with van der Waals surface area (Å²) in [5.41, 5.74) is 2.46. The van der Waals surface area contributed by atoms with Gasteiger partial charge in [-0.15, -0.1) is 6.42 Å². The van der Waals surface area contributed by atoms with Gasteiger partial charge in [-0.2, -0.15) is 0 Å². The second-order valence-corrected chi connectivity index (χ2v) is 6.07. The van der Waals surface area contributed by atoms with Gasteiger partial charge >= 0.3 is 0 Å². The van der Waals surface area contributed by atoms with Crippen LogP contribution in [0.2, 0.25) is 0 Å². The number of aliphatic imine (C=N–C) groups is 1. The Bertz CT molecular complexity index is 903. The van der Waals surface area contributed by atoms with Gasteiger partial charge in [0.1, 0.15) is 0 Å². The minimum absolute atomic E-state index is 0.0797. The third-order valence-corrected chi connectivity index (χ3v) is 4.11. The van der Waals surface area contributed by atoms with Gasteiger partial charge in [0.05, 0.1) is 20.8 Å². The molecule has 0 saturated carbocycles. The SMILES string of the molecule is C#Cc1cccc(NC(=O)CNC(=NC)NCCc2ccc(OC)c(OC)c2)c1. The average molecular weight is 394 g/mol. The van der Waals surface area contributed by atoms with E-state index in [4.69, 9.17) is 15.9 Å². The fraction of sp³-hybridized carbons (Fsp3) is 0.273. The summed E-state index contributed by atoms with van der Waals surface area (Å²) < 4.78 is 10.6. The van der Waals surface area contributed by atoms with Crippen LogP contribution in [0.15, 0.2) is 47.5 Å². The van der Waals surface area contributed by atoms with E-state index < -0.39 is 0 Å². The van der Waals surface area contributed by atoms with Crippen LogP contribution in [0, 0.1) is 12.3 Å². The van der Waals surface area contributed by atoms with Crippen molar-refractivity contribution >= 4 is 17.6 Å². The molecule has 0 aliphatic carbocycles. The fourth-order valence-electron chi connectivity index (χ4n) is 2.64. The van der Waals surface area contributed by atoms with Gasteiger partial charge in [-0.05, 0) is 42.3 Å². The summed E-state index contributed by atoms with van der Waals surface area (Å²) in [6.45, 7) is 0.720. The molecule has 1 amide bonds. The summed E-state index contributed by atoms with van der Waals surface area (Å²) in [4.78, 5) is 16.3. The normalized spacial score (nSPS) is 10.6. The van der Waals surface area contributed by atoms with E-state index in [1.54, 1.807) is 45.5 Å². The Kier molecular flexibility index (Phi) is 8.39. The van der Waals surface area contributed by atoms with Crippen LogP contribution in [0.5, 0.6) is 11.5 Å². The first-order chi connectivity index (χ1) is 14.1. The molecular weight excluding hydrogens is 368 g/mol. The highest BCUT2D eigenvalue weighted by Crippen LogP contribution is 2.27. The highest BCUT2D eigenvalue weighted by atomic mass is 16.5. The topological polar surface area (TPSA) is 84.0 Å². The zero-order valence-corrected chi connectivity index (χ0v) is 16.9. The van der Waals surface area contributed by atoms with Crippen molar-refractivity contribution in [2.45, 2.75) is 6.42 Å². The second-order valence-electron chi connectivity index (χ2n) is 6.07. The largest absolute Gasteiger partial charge is 0.493 e. The lowest BCUT2D eigenvalue weighted by atomic mass is 10.1. The highest BCUT2D eigenvalue weighted by molar-refractivity contribution is 5.95. The summed E-state index contributed by atoms with van der Waals surface area (Å²) >= 11 is 0. The van der Waals surface area contributed by atoms with Crippen molar-refractivity contribution in [2.75, 3.05) is 39.7 Å². The number of methoxy groups -OCH3 is 2. The molecular formula is C22H26N4O3. The van der Waals surface area contributed by atoms with E-state index >= 15 is 0 Å². The molecule has 7 nitrogen and oxygen atoms in total. The zero-order chi connectivity index (χ0) is 21.1. The monoisotopic (exact) mass is 394 g/mol. The lowest BCUT2D eigenvalue weighted by molar-refractivity contribution is -0.115. The molecule has 29 heavy (non-hydrogen) atoms. The van der Waals surface area contributed by atoms with Crippen LogP contribution >= 0.6 is 0 Å². The summed E-state index contributed by atoms with van der Waals surface area (Å²) in [5, 5.41) is 8.96. The molecule has 152 valence electrons. The Morgan fingerprint density at radius 2 is 1.90 bits per heavy atom. The van der Waals surface area contributed by atoms with Crippen LogP contribution < -0.4 is 25.4 Å². The number of anilines is 1. The molecule has 3 N–H and O–H groups in total. The number of benzene rings is 2. The fourth-order valence-corrected chi connectivity index (χ4v) is 2.64. The van der Waals surface area contributed by atoms with Crippen LogP contribution in [-0.2, 0) is 11.2 Å². The molecule has 2 aromatic rings. The minimum Gasteiger partial charge on any atom is -0.493 e. The van der Waals surface area contributed by atoms with Crippen molar-refractivity contribution in [2.24, 2.45) is 4.99 Å². The van der Waals surface area contributed by atoms with Crippen molar-refractivity contribution in [1.29, 1.82) is 0 Å². The Balaban J connectivity index is 1.79. The lowest BCUT2D eigenvalue weighted by Crippen LogP contribution is -2.42. The molecule has 0 aliphatic heterocycles. The number of nitrogens with zero attached hydrogens (tertiary/aromatic N) is 1. The number of rotatable bonds is 8. The number of amides is 1. The smallest absolute Gasteiger partial charge is 0.243 e. The van der Waals surface area contributed by atoms with E-state index in [9.17, 15) is 4.79 Å². The average Bonchev–Trinajstić information content (AvgIpc) is 2.75. The van der Waals surface area contributed by atoms with Gasteiger partial charge in [0, 0.05) is 24.8 Å². The molecule has 0 radical (unpaired) electrons. The molecule has 0 unspecified atom stereocenters. The minimum atomic E-state index is -0.193. The highest BCUT2D eigenvalue weighted by Gasteiger charge is 2.07. The third kappa shape index (κ3) is 6.78. The van der Waals surface area contributed by atoms with E-state index in [-0.39, 0.29) is 12.5 Å². The second kappa shape index (κ2) is 11.2. The quantitative estimate of drug-likeness (QED) is 0.363. The summed E-state index contributed by atoms with van der Waals surface area (Å²) in [6.07, 6.45) is 6.13. The van der Waals surface area contributed by atoms with Gasteiger partial charge in [-0.1, -0.05) is 18.1 Å². The number of hydrogen-bond acceptors (Lipinski definition) is 4. The van der Waals surface area contributed by atoms with Gasteiger partial charge < -0.3 is 25.4 Å². The van der Waals surface area contributed by atoms with Gasteiger partial charge in [-0.25, -0.2) is 0 Å². The van der Waals surface area contributed by atoms with E-state index in [2.05, 4.69) is 26.9 Å². The predicted molar refractivity (Wildman–Crippen MR) is 116 cm³/mol. The van der Waals surface area contributed by atoms with Crippen molar-refractivity contribution in [1.82, 2.24) is 10.6 Å². The van der Waals surface area contributed by atoms with Gasteiger partial charge in [0.25, 0.3) is 0 Å². The van der Waals surface area contributed by atoms with E-state index in [1.807, 2.05) is 18.2 Å². The molecule has 7 heteroatoms. The molecule has 0 heterocycles. The number of carbonyl (C=O) groups is 1. The van der Waals surface area contributed by atoms with E-state index in [0.717, 1.165) is 12.0 Å².